The minimum Gasteiger partial charge on any atom is -0.302 e. The van der Waals surface area contributed by atoms with Crippen molar-refractivity contribution in [1.29, 1.82) is 0 Å². The molecule has 1 aliphatic rings. The van der Waals surface area contributed by atoms with Gasteiger partial charge in [0.15, 0.2) is 9.84 Å². The van der Waals surface area contributed by atoms with E-state index >= 15 is 0 Å². The number of nitrogens with zero attached hydrogens (tertiary/aromatic N) is 1. The highest BCUT2D eigenvalue weighted by Gasteiger charge is 2.22. The summed E-state index contributed by atoms with van der Waals surface area (Å²) in [5, 5.41) is 0. The average Bonchev–Trinajstić information content (AvgIpc) is 2.63. The molecule has 0 bridgehead atoms. The first kappa shape index (κ1) is 11.5. The quantitative estimate of drug-likeness (QED) is 0.797. The molecular formula is C10H11NO3S2. The van der Waals surface area contributed by atoms with Gasteiger partial charge in [-0.15, -0.1) is 11.8 Å². The van der Waals surface area contributed by atoms with Crippen LogP contribution in [0.5, 0.6) is 0 Å². The zero-order valence-corrected chi connectivity index (χ0v) is 10.3. The first-order chi connectivity index (χ1) is 7.48. The van der Waals surface area contributed by atoms with Gasteiger partial charge in [-0.3, -0.25) is 4.79 Å². The van der Waals surface area contributed by atoms with Crippen LogP contribution in [0.2, 0.25) is 0 Å². The van der Waals surface area contributed by atoms with Gasteiger partial charge in [0.2, 0.25) is 5.91 Å². The Morgan fingerprint density at radius 3 is 2.69 bits per heavy atom. The molecule has 0 aromatic heterocycles. The van der Waals surface area contributed by atoms with Crippen molar-refractivity contribution in [2.75, 3.05) is 22.8 Å². The first-order valence-corrected chi connectivity index (χ1v) is 7.71. The van der Waals surface area contributed by atoms with Crippen molar-refractivity contribution in [3.63, 3.8) is 0 Å². The molecule has 1 aliphatic heterocycles. The van der Waals surface area contributed by atoms with Gasteiger partial charge in [-0.05, 0) is 18.2 Å². The maximum Gasteiger partial charge on any atom is 0.237 e. The molecule has 16 heavy (non-hydrogen) atoms. The van der Waals surface area contributed by atoms with Gasteiger partial charge in [0.25, 0.3) is 0 Å². The molecule has 0 aliphatic carbocycles. The molecule has 0 radical (unpaired) electrons. The fourth-order valence-corrected chi connectivity index (χ4v) is 3.03. The van der Waals surface area contributed by atoms with E-state index in [4.69, 9.17) is 0 Å². The number of rotatable bonds is 2. The minimum atomic E-state index is -3.22. The van der Waals surface area contributed by atoms with Crippen LogP contribution in [0.1, 0.15) is 0 Å². The van der Waals surface area contributed by atoms with Gasteiger partial charge in [0.1, 0.15) is 0 Å². The van der Waals surface area contributed by atoms with Crippen molar-refractivity contribution < 1.29 is 13.2 Å². The highest BCUT2D eigenvalue weighted by molar-refractivity contribution is 8.00. The molecule has 0 N–H and O–H groups in total. The van der Waals surface area contributed by atoms with Crippen LogP contribution in [0.3, 0.4) is 0 Å². The van der Waals surface area contributed by atoms with Crippen LogP contribution in [0.15, 0.2) is 29.2 Å². The smallest absolute Gasteiger partial charge is 0.237 e. The lowest BCUT2D eigenvalue weighted by Crippen LogP contribution is -2.24. The molecule has 0 saturated carbocycles. The Morgan fingerprint density at radius 1 is 1.38 bits per heavy atom. The van der Waals surface area contributed by atoms with Crippen LogP contribution >= 0.6 is 11.8 Å². The van der Waals surface area contributed by atoms with Gasteiger partial charge in [0.05, 0.1) is 16.5 Å². The Labute approximate surface area is 98.6 Å². The molecule has 86 valence electrons. The highest BCUT2D eigenvalue weighted by Crippen LogP contribution is 2.25. The zero-order chi connectivity index (χ0) is 11.8. The lowest BCUT2D eigenvalue weighted by molar-refractivity contribution is -0.115. The molecule has 0 spiro atoms. The number of sulfone groups is 1. The van der Waals surface area contributed by atoms with Crippen molar-refractivity contribution in [2.45, 2.75) is 4.90 Å². The third kappa shape index (κ3) is 2.22. The van der Waals surface area contributed by atoms with E-state index in [0.717, 1.165) is 6.26 Å². The molecule has 1 amide bonds. The van der Waals surface area contributed by atoms with Crippen LogP contribution in [-0.2, 0) is 14.6 Å². The second-order valence-electron chi connectivity index (χ2n) is 3.57. The number of carbonyl (C=O) groups is 1. The number of benzene rings is 1. The Balaban J connectivity index is 2.40. The fourth-order valence-electron chi connectivity index (χ4n) is 1.47. The lowest BCUT2D eigenvalue weighted by atomic mass is 10.3. The summed E-state index contributed by atoms with van der Waals surface area (Å²) >= 11 is 1.53. The molecule has 6 heteroatoms. The molecule has 1 aromatic carbocycles. The second-order valence-corrected chi connectivity index (χ2v) is 6.54. The maximum atomic E-state index is 11.5. The summed E-state index contributed by atoms with van der Waals surface area (Å²) in [6.07, 6.45) is 1.16. The second kappa shape index (κ2) is 4.10. The van der Waals surface area contributed by atoms with Crippen LogP contribution in [0.25, 0.3) is 0 Å². The van der Waals surface area contributed by atoms with Gasteiger partial charge >= 0.3 is 0 Å². The summed E-state index contributed by atoms with van der Waals surface area (Å²) in [5.41, 5.74) is 0.651. The molecule has 0 atom stereocenters. The van der Waals surface area contributed by atoms with Crippen LogP contribution in [0.4, 0.5) is 5.69 Å². The molecule has 2 rings (SSSR count). The number of hydrogen-bond donors (Lipinski definition) is 0. The van der Waals surface area contributed by atoms with Crippen molar-refractivity contribution >= 4 is 33.2 Å². The van der Waals surface area contributed by atoms with E-state index in [1.807, 2.05) is 0 Å². The number of amides is 1. The minimum absolute atomic E-state index is 0.0238. The van der Waals surface area contributed by atoms with Crippen molar-refractivity contribution in [2.24, 2.45) is 0 Å². The van der Waals surface area contributed by atoms with Crippen LogP contribution < -0.4 is 4.90 Å². The third-order valence-electron chi connectivity index (χ3n) is 2.30. The third-order valence-corrected chi connectivity index (χ3v) is 4.31. The topological polar surface area (TPSA) is 54.5 Å². The zero-order valence-electron chi connectivity index (χ0n) is 8.71. The number of carbonyl (C=O) groups excluding carboxylic acids is 1. The molecule has 0 unspecified atom stereocenters. The SMILES string of the molecule is CS(=O)(=O)c1cccc(N2CSCC2=O)c1. The van der Waals surface area contributed by atoms with Gasteiger partial charge in [0, 0.05) is 11.9 Å². The fraction of sp³-hybridized carbons (Fsp3) is 0.300. The van der Waals surface area contributed by atoms with E-state index in [1.165, 1.54) is 17.8 Å². The monoisotopic (exact) mass is 257 g/mol. The van der Waals surface area contributed by atoms with E-state index in [0.29, 0.717) is 17.3 Å². The molecule has 1 heterocycles. The number of anilines is 1. The van der Waals surface area contributed by atoms with Crippen molar-refractivity contribution in [3.05, 3.63) is 24.3 Å². The Hall–Kier alpha value is -1.01. The normalized spacial score (nSPS) is 16.8. The standard InChI is InChI=1S/C10H11NO3S2/c1-16(13,14)9-4-2-3-8(5-9)11-7-15-6-10(11)12/h2-5H,6-7H2,1H3. The number of hydrogen-bond acceptors (Lipinski definition) is 4. The van der Waals surface area contributed by atoms with Crippen molar-refractivity contribution in [1.82, 2.24) is 0 Å². The Bertz CT molecular complexity index is 525. The van der Waals surface area contributed by atoms with Crippen LogP contribution in [-0.4, -0.2) is 32.2 Å². The predicted molar refractivity (Wildman–Crippen MR) is 64.4 cm³/mol. The maximum absolute atomic E-state index is 11.5. The van der Waals surface area contributed by atoms with E-state index in [-0.39, 0.29) is 10.8 Å². The van der Waals surface area contributed by atoms with E-state index in [9.17, 15) is 13.2 Å². The van der Waals surface area contributed by atoms with Gasteiger partial charge in [-0.2, -0.15) is 0 Å². The van der Waals surface area contributed by atoms with E-state index in [1.54, 1.807) is 23.1 Å². The molecule has 1 aromatic rings. The molecular weight excluding hydrogens is 246 g/mol. The first-order valence-electron chi connectivity index (χ1n) is 4.67. The molecule has 1 fully saturated rings. The summed E-state index contributed by atoms with van der Waals surface area (Å²) in [5.74, 6) is 1.07. The van der Waals surface area contributed by atoms with Crippen LogP contribution in [0, 0.1) is 0 Å². The Kier molecular flexibility index (Phi) is 2.94. The summed E-state index contributed by atoms with van der Waals surface area (Å²) in [6.45, 7) is 0. The van der Waals surface area contributed by atoms with Gasteiger partial charge in [-0.1, -0.05) is 6.07 Å². The van der Waals surface area contributed by atoms with Gasteiger partial charge in [-0.25, -0.2) is 8.42 Å². The van der Waals surface area contributed by atoms with Crippen molar-refractivity contribution in [3.8, 4) is 0 Å². The van der Waals surface area contributed by atoms with E-state index < -0.39 is 9.84 Å². The molecule has 4 nitrogen and oxygen atoms in total. The van der Waals surface area contributed by atoms with E-state index in [2.05, 4.69) is 0 Å². The lowest BCUT2D eigenvalue weighted by Gasteiger charge is -2.15. The largest absolute Gasteiger partial charge is 0.302 e. The predicted octanol–water partition coefficient (Wildman–Crippen LogP) is 1.13. The summed E-state index contributed by atoms with van der Waals surface area (Å²) in [7, 11) is -3.22. The summed E-state index contributed by atoms with van der Waals surface area (Å²) < 4.78 is 22.7. The summed E-state index contributed by atoms with van der Waals surface area (Å²) in [4.78, 5) is 13.3. The molecule has 1 saturated heterocycles. The number of thioether (sulfide) groups is 1. The average molecular weight is 257 g/mol. The highest BCUT2D eigenvalue weighted by atomic mass is 32.2. The Morgan fingerprint density at radius 2 is 2.12 bits per heavy atom. The summed E-state index contributed by atoms with van der Waals surface area (Å²) in [6, 6.07) is 6.48. The van der Waals surface area contributed by atoms with Gasteiger partial charge < -0.3 is 4.90 Å².